The van der Waals surface area contributed by atoms with E-state index in [4.69, 9.17) is 9.47 Å². The molecule has 2 aromatic carbocycles. The van der Waals surface area contributed by atoms with E-state index in [1.54, 1.807) is 16.7 Å². The van der Waals surface area contributed by atoms with E-state index in [-0.39, 0.29) is 18.5 Å². The van der Waals surface area contributed by atoms with Crippen LogP contribution in [0.5, 0.6) is 11.5 Å². The van der Waals surface area contributed by atoms with Gasteiger partial charge in [-0.2, -0.15) is 0 Å². The summed E-state index contributed by atoms with van der Waals surface area (Å²) < 4.78 is 11.2. The summed E-state index contributed by atoms with van der Waals surface area (Å²) in [6.45, 7) is 3.87. The molecular formula is C23H28N2O4S. The lowest BCUT2D eigenvalue weighted by Crippen LogP contribution is -2.54. The zero-order chi connectivity index (χ0) is 21.2. The van der Waals surface area contributed by atoms with Gasteiger partial charge >= 0.3 is 11.8 Å². The van der Waals surface area contributed by atoms with Crippen LogP contribution in [0.3, 0.4) is 0 Å². The Morgan fingerprint density at radius 1 is 1.07 bits per heavy atom. The minimum absolute atomic E-state index is 0.0607. The van der Waals surface area contributed by atoms with Gasteiger partial charge in [-0.15, -0.1) is 11.8 Å². The quantitative estimate of drug-likeness (QED) is 0.464. The number of thioether (sulfide) groups is 1. The van der Waals surface area contributed by atoms with Gasteiger partial charge in [-0.3, -0.25) is 9.59 Å². The van der Waals surface area contributed by atoms with Gasteiger partial charge in [0.25, 0.3) is 0 Å². The number of amides is 2. The number of ether oxygens (including phenoxy) is 2. The van der Waals surface area contributed by atoms with Gasteiger partial charge < -0.3 is 19.7 Å². The van der Waals surface area contributed by atoms with Crippen molar-refractivity contribution < 1.29 is 19.1 Å². The number of nitrogens with zero attached hydrogens (tertiary/aromatic N) is 1. The van der Waals surface area contributed by atoms with Crippen LogP contribution in [-0.2, 0) is 15.3 Å². The van der Waals surface area contributed by atoms with Crippen molar-refractivity contribution in [2.45, 2.75) is 30.9 Å². The molecule has 0 radical (unpaired) electrons. The molecule has 1 unspecified atom stereocenters. The minimum Gasteiger partial charge on any atom is -0.493 e. The average Bonchev–Trinajstić information content (AvgIpc) is 2.75. The summed E-state index contributed by atoms with van der Waals surface area (Å²) >= 11 is 1.69. The van der Waals surface area contributed by atoms with Crippen molar-refractivity contribution in [1.29, 1.82) is 0 Å². The minimum atomic E-state index is -0.580. The lowest BCUT2D eigenvalue weighted by atomic mass is 10.2. The monoisotopic (exact) mass is 428 g/mol. The summed E-state index contributed by atoms with van der Waals surface area (Å²) in [5.41, 5.74) is 1.22. The second-order valence-electron chi connectivity index (χ2n) is 6.97. The van der Waals surface area contributed by atoms with Gasteiger partial charge in [0.15, 0.2) is 0 Å². The fourth-order valence-corrected chi connectivity index (χ4v) is 4.18. The molecule has 2 aromatic rings. The molecule has 0 bridgehead atoms. The molecular weight excluding hydrogens is 400 g/mol. The second kappa shape index (κ2) is 11.5. The number of hydrogen-bond donors (Lipinski definition) is 1. The van der Waals surface area contributed by atoms with Crippen LogP contribution in [0.15, 0.2) is 54.6 Å². The Morgan fingerprint density at radius 3 is 2.47 bits per heavy atom. The van der Waals surface area contributed by atoms with Crippen LogP contribution < -0.4 is 14.8 Å². The third-order valence-electron chi connectivity index (χ3n) is 4.64. The topological polar surface area (TPSA) is 67.9 Å². The predicted octanol–water partition coefficient (Wildman–Crippen LogP) is 3.46. The fourth-order valence-electron chi connectivity index (χ4n) is 2.95. The first kappa shape index (κ1) is 22.0. The summed E-state index contributed by atoms with van der Waals surface area (Å²) in [7, 11) is 0. The molecule has 0 aliphatic carbocycles. The van der Waals surface area contributed by atoms with Crippen molar-refractivity contribution in [2.75, 3.05) is 26.3 Å². The average molecular weight is 429 g/mol. The Hall–Kier alpha value is -2.67. The molecule has 160 valence electrons. The molecule has 1 heterocycles. The summed E-state index contributed by atoms with van der Waals surface area (Å²) in [6, 6.07) is 17.5. The molecule has 30 heavy (non-hydrogen) atoms. The van der Waals surface area contributed by atoms with Crippen molar-refractivity contribution in [2.24, 2.45) is 0 Å². The van der Waals surface area contributed by atoms with E-state index in [1.807, 2.05) is 42.5 Å². The normalized spacial score (nSPS) is 15.2. The van der Waals surface area contributed by atoms with Crippen molar-refractivity contribution in [3.8, 4) is 11.5 Å². The van der Waals surface area contributed by atoms with E-state index >= 15 is 0 Å². The van der Waals surface area contributed by atoms with Gasteiger partial charge in [0.1, 0.15) is 18.1 Å². The van der Waals surface area contributed by atoms with Crippen molar-refractivity contribution in [3.05, 3.63) is 60.2 Å². The molecule has 1 atom stereocenters. The summed E-state index contributed by atoms with van der Waals surface area (Å²) in [5.74, 6) is 1.20. The van der Waals surface area contributed by atoms with Gasteiger partial charge in [-0.25, -0.2) is 0 Å². The molecule has 0 aromatic heterocycles. The number of likely N-dealkylation sites (tertiary alicyclic amines) is 1. The van der Waals surface area contributed by atoms with Crippen molar-refractivity contribution in [1.82, 2.24) is 10.2 Å². The molecule has 2 amide bonds. The lowest BCUT2D eigenvalue weighted by molar-refractivity contribution is -0.149. The van der Waals surface area contributed by atoms with Gasteiger partial charge in [0.2, 0.25) is 0 Å². The molecule has 6 nitrogen and oxygen atoms in total. The van der Waals surface area contributed by atoms with Crippen LogP contribution in [-0.4, -0.2) is 48.4 Å². The number of benzene rings is 2. The highest BCUT2D eigenvalue weighted by atomic mass is 32.2. The first-order valence-corrected chi connectivity index (χ1v) is 11.3. The van der Waals surface area contributed by atoms with Crippen LogP contribution in [0, 0.1) is 0 Å². The summed E-state index contributed by atoms with van der Waals surface area (Å²) in [6.07, 6.45) is 1.85. The number of rotatable bonds is 10. The third-order valence-corrected chi connectivity index (χ3v) is 6.01. The first-order valence-electron chi connectivity index (χ1n) is 10.3. The maximum absolute atomic E-state index is 12.4. The van der Waals surface area contributed by atoms with Crippen LogP contribution in [0.1, 0.15) is 25.3 Å². The van der Waals surface area contributed by atoms with Gasteiger partial charge in [0, 0.05) is 18.4 Å². The molecule has 3 rings (SSSR count). The predicted molar refractivity (Wildman–Crippen MR) is 119 cm³/mol. The Balaban J connectivity index is 1.36. The Bertz CT molecular complexity index is 831. The molecule has 1 saturated heterocycles. The van der Waals surface area contributed by atoms with Crippen molar-refractivity contribution in [3.63, 3.8) is 0 Å². The number of hydrogen-bond acceptors (Lipinski definition) is 5. The van der Waals surface area contributed by atoms with E-state index in [0.29, 0.717) is 18.9 Å². The Morgan fingerprint density at radius 2 is 1.80 bits per heavy atom. The standard InChI is InChI=1S/C23H28N2O4S/c1-2-14-28-19-9-6-10-20(16-19)29-15-12-24-22(26)23(27)25-13-11-21(25)30-17-18-7-4-3-5-8-18/h3-10,16,21H,2,11-15,17H2,1H3,(H,24,26). The SMILES string of the molecule is CCCOc1cccc(OCCNC(=O)C(=O)N2CCC2SCc2ccccc2)c1. The summed E-state index contributed by atoms with van der Waals surface area (Å²) in [5, 5.41) is 2.71. The lowest BCUT2D eigenvalue weighted by Gasteiger charge is -2.39. The third kappa shape index (κ3) is 6.42. The highest BCUT2D eigenvalue weighted by Gasteiger charge is 2.35. The molecule has 1 N–H and O–H groups in total. The van der Waals surface area contributed by atoms with Crippen LogP contribution in [0.25, 0.3) is 0 Å². The molecule has 1 aliphatic heterocycles. The molecule has 1 aliphatic rings. The Labute approximate surface area is 181 Å². The van der Waals surface area contributed by atoms with E-state index < -0.39 is 11.8 Å². The maximum atomic E-state index is 12.4. The maximum Gasteiger partial charge on any atom is 0.312 e. The molecule has 1 fully saturated rings. The van der Waals surface area contributed by atoms with E-state index in [0.717, 1.165) is 24.3 Å². The molecule has 0 saturated carbocycles. The first-order chi connectivity index (χ1) is 14.7. The highest BCUT2D eigenvalue weighted by Crippen LogP contribution is 2.30. The van der Waals surface area contributed by atoms with E-state index in [9.17, 15) is 9.59 Å². The summed E-state index contributed by atoms with van der Waals surface area (Å²) in [4.78, 5) is 26.2. The van der Waals surface area contributed by atoms with Crippen LogP contribution >= 0.6 is 11.8 Å². The molecule has 0 spiro atoms. The number of carbonyl (C=O) groups is 2. The zero-order valence-corrected chi connectivity index (χ0v) is 18.0. The van der Waals surface area contributed by atoms with Gasteiger partial charge in [0.05, 0.1) is 18.5 Å². The van der Waals surface area contributed by atoms with Crippen molar-refractivity contribution >= 4 is 23.6 Å². The zero-order valence-electron chi connectivity index (χ0n) is 17.2. The highest BCUT2D eigenvalue weighted by molar-refractivity contribution is 7.99. The van der Waals surface area contributed by atoms with E-state index in [1.165, 1.54) is 5.56 Å². The Kier molecular flexibility index (Phi) is 8.44. The van der Waals surface area contributed by atoms with Gasteiger partial charge in [-0.1, -0.05) is 43.3 Å². The smallest absolute Gasteiger partial charge is 0.312 e. The van der Waals surface area contributed by atoms with E-state index in [2.05, 4.69) is 24.4 Å². The fraction of sp³-hybridized carbons (Fsp3) is 0.391. The van der Waals surface area contributed by atoms with Gasteiger partial charge in [-0.05, 0) is 30.5 Å². The van der Waals surface area contributed by atoms with Crippen LogP contribution in [0.2, 0.25) is 0 Å². The number of carbonyl (C=O) groups excluding carboxylic acids is 2. The largest absolute Gasteiger partial charge is 0.493 e. The number of nitrogens with one attached hydrogen (secondary N) is 1. The molecule has 7 heteroatoms. The second-order valence-corrected chi connectivity index (χ2v) is 8.13. The van der Waals surface area contributed by atoms with Crippen LogP contribution in [0.4, 0.5) is 0 Å².